The van der Waals surface area contributed by atoms with E-state index in [2.05, 4.69) is 0 Å². The molecule has 132 valence electrons. The number of halogens is 2. The standard InChI is InChI=1S/C14H16Cl2N2O5S/c15-10-1-2-11(16)12(9-10)24(22,23)18-7-5-17(6-8-18)13(19)3-4-14(20)21/h1-2,9H,3-8H2,(H,20,21). The Kier molecular flexibility index (Phi) is 6.08. The molecule has 1 aliphatic rings. The summed E-state index contributed by atoms with van der Waals surface area (Å²) in [5.41, 5.74) is 0. The third-order valence-electron chi connectivity index (χ3n) is 3.66. The van der Waals surface area contributed by atoms with Crippen molar-refractivity contribution in [2.75, 3.05) is 26.2 Å². The lowest BCUT2D eigenvalue weighted by atomic mass is 10.2. The van der Waals surface area contributed by atoms with E-state index in [9.17, 15) is 18.0 Å². The van der Waals surface area contributed by atoms with E-state index in [1.54, 1.807) is 0 Å². The predicted molar refractivity (Wildman–Crippen MR) is 88.7 cm³/mol. The quantitative estimate of drug-likeness (QED) is 0.819. The van der Waals surface area contributed by atoms with Gasteiger partial charge in [0, 0.05) is 37.6 Å². The Balaban J connectivity index is 2.04. The van der Waals surface area contributed by atoms with Gasteiger partial charge < -0.3 is 10.0 Å². The van der Waals surface area contributed by atoms with Gasteiger partial charge >= 0.3 is 5.97 Å². The normalized spacial score (nSPS) is 16.2. The van der Waals surface area contributed by atoms with Crippen molar-refractivity contribution in [3.63, 3.8) is 0 Å². The minimum atomic E-state index is -3.81. The molecule has 1 saturated heterocycles. The van der Waals surface area contributed by atoms with Crippen LogP contribution in [0.4, 0.5) is 0 Å². The molecule has 0 spiro atoms. The summed E-state index contributed by atoms with van der Waals surface area (Å²) in [6, 6.07) is 4.22. The molecule has 10 heteroatoms. The number of hydrogen-bond donors (Lipinski definition) is 1. The Hall–Kier alpha value is -1.35. The highest BCUT2D eigenvalue weighted by molar-refractivity contribution is 7.89. The highest BCUT2D eigenvalue weighted by Gasteiger charge is 2.31. The molecule has 1 aromatic rings. The van der Waals surface area contributed by atoms with Crippen molar-refractivity contribution in [2.45, 2.75) is 17.7 Å². The van der Waals surface area contributed by atoms with Gasteiger partial charge in [0.25, 0.3) is 0 Å². The zero-order valence-electron chi connectivity index (χ0n) is 12.6. The number of hydrogen-bond acceptors (Lipinski definition) is 4. The van der Waals surface area contributed by atoms with Crippen molar-refractivity contribution in [1.82, 2.24) is 9.21 Å². The number of amides is 1. The van der Waals surface area contributed by atoms with Gasteiger partial charge in [-0.3, -0.25) is 9.59 Å². The summed E-state index contributed by atoms with van der Waals surface area (Å²) in [7, 11) is -3.81. The van der Waals surface area contributed by atoms with Crippen molar-refractivity contribution < 1.29 is 23.1 Å². The highest BCUT2D eigenvalue weighted by Crippen LogP contribution is 2.28. The molecule has 0 radical (unpaired) electrons. The number of benzene rings is 1. The van der Waals surface area contributed by atoms with Gasteiger partial charge in [-0.1, -0.05) is 23.2 Å². The molecule has 0 aromatic heterocycles. The lowest BCUT2D eigenvalue weighted by Gasteiger charge is -2.34. The number of rotatable bonds is 5. The first kappa shape index (κ1) is 19.0. The monoisotopic (exact) mass is 394 g/mol. The van der Waals surface area contributed by atoms with Gasteiger partial charge in [-0.25, -0.2) is 8.42 Å². The van der Waals surface area contributed by atoms with Crippen molar-refractivity contribution in [2.24, 2.45) is 0 Å². The molecular formula is C14H16Cl2N2O5S. The van der Waals surface area contributed by atoms with E-state index in [-0.39, 0.29) is 59.9 Å². The SMILES string of the molecule is O=C(O)CCC(=O)N1CCN(S(=O)(=O)c2cc(Cl)ccc2Cl)CC1. The van der Waals surface area contributed by atoms with Crippen LogP contribution in [0.2, 0.25) is 10.0 Å². The van der Waals surface area contributed by atoms with Crippen LogP contribution in [-0.2, 0) is 19.6 Å². The Morgan fingerprint density at radius 3 is 2.29 bits per heavy atom. The molecule has 1 fully saturated rings. The number of sulfonamides is 1. The molecule has 0 unspecified atom stereocenters. The summed E-state index contributed by atoms with van der Waals surface area (Å²) in [6.45, 7) is 0.639. The van der Waals surface area contributed by atoms with E-state index < -0.39 is 16.0 Å². The minimum absolute atomic E-state index is 0.0673. The third-order valence-corrected chi connectivity index (χ3v) is 6.27. The maximum Gasteiger partial charge on any atom is 0.303 e. The Morgan fingerprint density at radius 1 is 1.08 bits per heavy atom. The topological polar surface area (TPSA) is 95.0 Å². The van der Waals surface area contributed by atoms with Crippen LogP contribution in [0.5, 0.6) is 0 Å². The minimum Gasteiger partial charge on any atom is -0.481 e. The number of piperazine rings is 1. The fourth-order valence-electron chi connectivity index (χ4n) is 2.36. The van der Waals surface area contributed by atoms with Crippen LogP contribution in [-0.4, -0.2) is 60.8 Å². The Bertz CT molecular complexity index is 746. The second-order valence-electron chi connectivity index (χ2n) is 5.25. The van der Waals surface area contributed by atoms with Gasteiger partial charge in [0.2, 0.25) is 15.9 Å². The van der Waals surface area contributed by atoms with Crippen LogP contribution < -0.4 is 0 Å². The number of carbonyl (C=O) groups is 2. The van der Waals surface area contributed by atoms with E-state index in [0.717, 1.165) is 0 Å². The molecule has 7 nitrogen and oxygen atoms in total. The molecule has 1 N–H and O–H groups in total. The van der Waals surface area contributed by atoms with Crippen LogP contribution >= 0.6 is 23.2 Å². The third kappa shape index (κ3) is 4.38. The van der Waals surface area contributed by atoms with Gasteiger partial charge in [-0.2, -0.15) is 4.31 Å². The lowest BCUT2D eigenvalue weighted by Crippen LogP contribution is -2.50. The Labute approximate surface area is 149 Å². The average molecular weight is 395 g/mol. The van der Waals surface area contributed by atoms with E-state index in [0.29, 0.717) is 0 Å². The first-order valence-electron chi connectivity index (χ1n) is 7.16. The summed E-state index contributed by atoms with van der Waals surface area (Å²) >= 11 is 11.8. The van der Waals surface area contributed by atoms with Crippen molar-refractivity contribution in [3.8, 4) is 0 Å². The van der Waals surface area contributed by atoms with E-state index in [1.807, 2.05) is 0 Å². The van der Waals surface area contributed by atoms with Crippen LogP contribution in [0.1, 0.15) is 12.8 Å². The summed E-state index contributed by atoms with van der Waals surface area (Å²) in [6.07, 6.45) is -0.336. The summed E-state index contributed by atoms with van der Waals surface area (Å²) < 4.78 is 26.5. The number of carboxylic acids is 1. The molecule has 0 bridgehead atoms. The predicted octanol–water partition coefficient (Wildman–Crippen LogP) is 1.69. The van der Waals surface area contributed by atoms with E-state index in [1.165, 1.54) is 27.4 Å². The largest absolute Gasteiger partial charge is 0.481 e. The van der Waals surface area contributed by atoms with Gasteiger partial charge in [0.1, 0.15) is 4.90 Å². The number of carboxylic acid groups (broad SMARTS) is 1. The van der Waals surface area contributed by atoms with Crippen molar-refractivity contribution in [1.29, 1.82) is 0 Å². The first-order valence-corrected chi connectivity index (χ1v) is 9.36. The molecule has 1 heterocycles. The zero-order chi connectivity index (χ0) is 17.9. The first-order chi connectivity index (χ1) is 11.2. The molecule has 0 atom stereocenters. The van der Waals surface area contributed by atoms with Gasteiger partial charge in [-0.15, -0.1) is 0 Å². The molecule has 24 heavy (non-hydrogen) atoms. The number of nitrogens with zero attached hydrogens (tertiary/aromatic N) is 2. The molecular weight excluding hydrogens is 379 g/mol. The highest BCUT2D eigenvalue weighted by atomic mass is 35.5. The molecule has 1 amide bonds. The van der Waals surface area contributed by atoms with Gasteiger partial charge in [0.05, 0.1) is 11.4 Å². The Morgan fingerprint density at radius 2 is 1.71 bits per heavy atom. The molecule has 1 aliphatic heterocycles. The number of carbonyl (C=O) groups excluding carboxylic acids is 1. The second kappa shape index (κ2) is 7.69. The molecule has 2 rings (SSSR count). The average Bonchev–Trinajstić information content (AvgIpc) is 2.54. The van der Waals surface area contributed by atoms with Crippen LogP contribution in [0, 0.1) is 0 Å². The fraction of sp³-hybridized carbons (Fsp3) is 0.429. The smallest absolute Gasteiger partial charge is 0.303 e. The maximum absolute atomic E-state index is 12.7. The van der Waals surface area contributed by atoms with Crippen molar-refractivity contribution >= 4 is 45.1 Å². The maximum atomic E-state index is 12.7. The summed E-state index contributed by atoms with van der Waals surface area (Å²) in [5.74, 6) is -1.34. The van der Waals surface area contributed by atoms with E-state index in [4.69, 9.17) is 28.3 Å². The van der Waals surface area contributed by atoms with Gasteiger partial charge in [-0.05, 0) is 18.2 Å². The van der Waals surface area contributed by atoms with Crippen LogP contribution in [0.15, 0.2) is 23.1 Å². The lowest BCUT2D eigenvalue weighted by molar-refractivity contribution is -0.141. The summed E-state index contributed by atoms with van der Waals surface area (Å²) in [5, 5.41) is 8.95. The van der Waals surface area contributed by atoms with Crippen molar-refractivity contribution in [3.05, 3.63) is 28.2 Å². The fourth-order valence-corrected chi connectivity index (χ4v) is 4.52. The number of aliphatic carboxylic acids is 1. The molecule has 0 saturated carbocycles. The second-order valence-corrected chi connectivity index (χ2v) is 8.00. The van der Waals surface area contributed by atoms with E-state index >= 15 is 0 Å². The molecule has 1 aromatic carbocycles. The van der Waals surface area contributed by atoms with Crippen LogP contribution in [0.25, 0.3) is 0 Å². The molecule has 0 aliphatic carbocycles. The van der Waals surface area contributed by atoms with Crippen LogP contribution in [0.3, 0.4) is 0 Å². The zero-order valence-corrected chi connectivity index (χ0v) is 14.9. The summed E-state index contributed by atoms with van der Waals surface area (Å²) in [4.78, 5) is 23.8. The van der Waals surface area contributed by atoms with Gasteiger partial charge in [0.15, 0.2) is 0 Å².